The molecule has 0 bridgehead atoms. The Morgan fingerprint density at radius 2 is 1.69 bits per heavy atom. The van der Waals surface area contributed by atoms with Gasteiger partial charge in [-0.15, -0.1) is 0 Å². The number of hydrogen-bond acceptors (Lipinski definition) is 3. The first-order valence-electron chi connectivity index (χ1n) is 8.12. The summed E-state index contributed by atoms with van der Waals surface area (Å²) >= 11 is 3.41. The Bertz CT molecular complexity index is 1020. The maximum atomic E-state index is 12.8. The quantitative estimate of drug-likeness (QED) is 0.647. The smallest absolute Gasteiger partial charge is 0.262 e. The van der Waals surface area contributed by atoms with E-state index in [4.69, 9.17) is 0 Å². The Kier molecular flexibility index (Phi) is 5.20. The van der Waals surface area contributed by atoms with Gasteiger partial charge in [0.25, 0.3) is 10.0 Å². The molecule has 1 heterocycles. The highest BCUT2D eigenvalue weighted by Gasteiger charge is 2.20. The predicted octanol–water partition coefficient (Wildman–Crippen LogP) is 4.42. The summed E-state index contributed by atoms with van der Waals surface area (Å²) in [5, 5.41) is 4.25. The second kappa shape index (κ2) is 7.25. The van der Waals surface area contributed by atoms with Crippen molar-refractivity contribution in [3.05, 3.63) is 75.5 Å². The Morgan fingerprint density at radius 3 is 2.31 bits per heavy atom. The minimum Gasteiger partial charge on any atom is -0.276 e. The molecule has 0 aliphatic carbocycles. The van der Waals surface area contributed by atoms with Gasteiger partial charge in [0.05, 0.1) is 23.3 Å². The molecule has 1 aromatic heterocycles. The summed E-state index contributed by atoms with van der Waals surface area (Å²) in [6.45, 7) is 6.14. The molecule has 0 fully saturated rings. The number of halogens is 1. The minimum absolute atomic E-state index is 0.323. The number of nitrogens with zero attached hydrogens (tertiary/aromatic N) is 2. The largest absolute Gasteiger partial charge is 0.276 e. The summed E-state index contributed by atoms with van der Waals surface area (Å²) in [6.07, 6.45) is 3.22. The van der Waals surface area contributed by atoms with Crippen LogP contribution in [-0.2, 0) is 16.6 Å². The molecule has 5 nitrogen and oxygen atoms in total. The van der Waals surface area contributed by atoms with Crippen LogP contribution < -0.4 is 4.72 Å². The maximum Gasteiger partial charge on any atom is 0.262 e. The normalized spacial score (nSPS) is 11.5. The van der Waals surface area contributed by atoms with Crippen LogP contribution in [0.25, 0.3) is 0 Å². The molecule has 0 unspecified atom stereocenters. The summed E-state index contributed by atoms with van der Waals surface area (Å²) in [6, 6.07) is 11.7. The van der Waals surface area contributed by atoms with Crippen LogP contribution >= 0.6 is 15.9 Å². The molecular weight excluding hydrogens is 414 g/mol. The highest BCUT2D eigenvalue weighted by atomic mass is 79.9. The van der Waals surface area contributed by atoms with Crippen molar-refractivity contribution >= 4 is 31.6 Å². The molecule has 1 N–H and O–H groups in total. The molecule has 0 saturated carbocycles. The Balaban J connectivity index is 1.81. The van der Waals surface area contributed by atoms with Gasteiger partial charge in [0.2, 0.25) is 0 Å². The SMILES string of the molecule is Cc1cc(C)c(S(=O)(=O)Nc2cnn(Cc3ccc(Br)cc3)c2)c(C)c1. The zero-order valence-electron chi connectivity index (χ0n) is 14.8. The molecule has 26 heavy (non-hydrogen) atoms. The van der Waals surface area contributed by atoms with Gasteiger partial charge >= 0.3 is 0 Å². The van der Waals surface area contributed by atoms with E-state index in [1.807, 2.05) is 57.2 Å². The van der Waals surface area contributed by atoms with Crippen LogP contribution in [0.5, 0.6) is 0 Å². The summed E-state index contributed by atoms with van der Waals surface area (Å²) in [4.78, 5) is 0.323. The average Bonchev–Trinajstić information content (AvgIpc) is 2.94. The van der Waals surface area contributed by atoms with Crippen LogP contribution in [-0.4, -0.2) is 18.2 Å². The van der Waals surface area contributed by atoms with Gasteiger partial charge in [-0.3, -0.25) is 9.40 Å². The molecule has 3 rings (SSSR count). The van der Waals surface area contributed by atoms with E-state index >= 15 is 0 Å². The standard InChI is InChI=1S/C19H20BrN3O2S/c1-13-8-14(2)19(15(3)9-13)26(24,25)22-18-10-21-23(12-18)11-16-4-6-17(20)7-5-16/h4-10,12,22H,11H2,1-3H3. The molecule has 0 spiro atoms. The van der Waals surface area contributed by atoms with E-state index in [9.17, 15) is 8.42 Å². The van der Waals surface area contributed by atoms with Gasteiger partial charge in [-0.05, 0) is 49.6 Å². The third-order valence-electron chi connectivity index (χ3n) is 4.02. The molecule has 136 valence electrons. The molecule has 2 aromatic carbocycles. The Hall–Kier alpha value is -2.12. The number of benzene rings is 2. The molecular formula is C19H20BrN3O2S. The van der Waals surface area contributed by atoms with E-state index in [1.165, 1.54) is 6.20 Å². The summed E-state index contributed by atoms with van der Waals surface area (Å²) in [5.41, 5.74) is 4.04. The van der Waals surface area contributed by atoms with E-state index in [0.717, 1.165) is 26.7 Å². The third kappa shape index (κ3) is 4.16. The van der Waals surface area contributed by atoms with Crippen molar-refractivity contribution in [1.29, 1.82) is 0 Å². The van der Waals surface area contributed by atoms with E-state index < -0.39 is 10.0 Å². The highest BCUT2D eigenvalue weighted by Crippen LogP contribution is 2.24. The van der Waals surface area contributed by atoms with Crippen LogP contribution in [0, 0.1) is 20.8 Å². The van der Waals surface area contributed by atoms with E-state index in [2.05, 4.69) is 25.8 Å². The number of sulfonamides is 1. The van der Waals surface area contributed by atoms with Crippen molar-refractivity contribution < 1.29 is 8.42 Å². The number of nitrogens with one attached hydrogen (secondary N) is 1. The van der Waals surface area contributed by atoms with Gasteiger partial charge in [-0.1, -0.05) is 45.8 Å². The van der Waals surface area contributed by atoms with Crippen LogP contribution in [0.15, 0.2) is 58.2 Å². The van der Waals surface area contributed by atoms with Gasteiger partial charge in [0.15, 0.2) is 0 Å². The topological polar surface area (TPSA) is 64.0 Å². The van der Waals surface area contributed by atoms with E-state index in [0.29, 0.717) is 17.1 Å². The van der Waals surface area contributed by atoms with Crippen LogP contribution in [0.1, 0.15) is 22.3 Å². The molecule has 0 amide bonds. The summed E-state index contributed by atoms with van der Waals surface area (Å²) in [5.74, 6) is 0. The second-order valence-corrected chi connectivity index (χ2v) is 8.92. The molecule has 0 radical (unpaired) electrons. The number of aromatic nitrogens is 2. The first kappa shape index (κ1) is 18.7. The molecule has 3 aromatic rings. The van der Waals surface area contributed by atoms with Crippen molar-refractivity contribution in [1.82, 2.24) is 9.78 Å². The first-order chi connectivity index (χ1) is 12.2. The van der Waals surface area contributed by atoms with Crippen LogP contribution in [0.2, 0.25) is 0 Å². The summed E-state index contributed by atoms with van der Waals surface area (Å²) in [7, 11) is -3.67. The molecule has 0 aliphatic heterocycles. The summed E-state index contributed by atoms with van der Waals surface area (Å²) < 4.78 is 31.0. The third-order valence-corrected chi connectivity index (χ3v) is 6.23. The monoisotopic (exact) mass is 433 g/mol. The molecule has 0 atom stereocenters. The van der Waals surface area contributed by atoms with Crippen molar-refractivity contribution in [2.24, 2.45) is 0 Å². The predicted molar refractivity (Wildman–Crippen MR) is 107 cm³/mol. The van der Waals surface area contributed by atoms with Crippen molar-refractivity contribution in [2.45, 2.75) is 32.2 Å². The van der Waals surface area contributed by atoms with Gasteiger partial charge in [0, 0.05) is 10.7 Å². The van der Waals surface area contributed by atoms with Crippen molar-refractivity contribution in [3.63, 3.8) is 0 Å². The van der Waals surface area contributed by atoms with Crippen LogP contribution in [0.3, 0.4) is 0 Å². The lowest BCUT2D eigenvalue weighted by Gasteiger charge is -2.12. The lowest BCUT2D eigenvalue weighted by molar-refractivity contribution is 0.600. The average molecular weight is 434 g/mol. The molecule has 0 saturated heterocycles. The van der Waals surface area contributed by atoms with Gasteiger partial charge < -0.3 is 0 Å². The fourth-order valence-electron chi connectivity index (χ4n) is 3.08. The molecule has 7 heteroatoms. The van der Waals surface area contributed by atoms with Gasteiger partial charge in [-0.25, -0.2) is 8.42 Å². The highest BCUT2D eigenvalue weighted by molar-refractivity contribution is 9.10. The number of hydrogen-bond donors (Lipinski definition) is 1. The van der Waals surface area contributed by atoms with Gasteiger partial charge in [0.1, 0.15) is 0 Å². The van der Waals surface area contributed by atoms with Crippen molar-refractivity contribution in [2.75, 3.05) is 4.72 Å². The van der Waals surface area contributed by atoms with E-state index in [-0.39, 0.29) is 0 Å². The van der Waals surface area contributed by atoms with Crippen LogP contribution in [0.4, 0.5) is 5.69 Å². The van der Waals surface area contributed by atoms with E-state index in [1.54, 1.807) is 10.9 Å². The van der Waals surface area contributed by atoms with Crippen molar-refractivity contribution in [3.8, 4) is 0 Å². The lowest BCUT2D eigenvalue weighted by Crippen LogP contribution is -2.15. The fraction of sp³-hybridized carbons (Fsp3) is 0.211. The minimum atomic E-state index is -3.67. The second-order valence-electron chi connectivity index (χ2n) is 6.39. The lowest BCUT2D eigenvalue weighted by atomic mass is 10.1. The fourth-order valence-corrected chi connectivity index (χ4v) is 4.82. The first-order valence-corrected chi connectivity index (χ1v) is 10.4. The number of aryl methyl sites for hydroxylation is 3. The maximum absolute atomic E-state index is 12.8. The number of anilines is 1. The Labute approximate surface area is 162 Å². The Morgan fingerprint density at radius 1 is 1.08 bits per heavy atom. The number of rotatable bonds is 5. The zero-order valence-corrected chi connectivity index (χ0v) is 17.2. The zero-order chi connectivity index (χ0) is 18.9. The van der Waals surface area contributed by atoms with Gasteiger partial charge in [-0.2, -0.15) is 5.10 Å². The molecule has 0 aliphatic rings.